The second-order valence-electron chi connectivity index (χ2n) is 5.26. The van der Waals surface area contributed by atoms with E-state index in [2.05, 4.69) is 32.3 Å². The van der Waals surface area contributed by atoms with Crippen LogP contribution in [0.5, 0.6) is 5.75 Å². The second-order valence-corrected chi connectivity index (χ2v) is 5.70. The third-order valence-electron chi connectivity index (χ3n) is 3.28. The van der Waals surface area contributed by atoms with E-state index in [1.54, 1.807) is 0 Å². The molecule has 0 bridgehead atoms. The van der Waals surface area contributed by atoms with Gasteiger partial charge in [0.05, 0.1) is 6.21 Å². The molecule has 0 aromatic heterocycles. The highest BCUT2D eigenvalue weighted by Gasteiger charge is 2.13. The van der Waals surface area contributed by atoms with E-state index in [1.165, 1.54) is 6.21 Å². The van der Waals surface area contributed by atoms with Crippen molar-refractivity contribution in [1.82, 2.24) is 5.32 Å². The molecule has 7 nitrogen and oxygen atoms in total. The lowest BCUT2D eigenvalue weighted by Gasteiger charge is -2.07. The molecule has 0 fully saturated rings. The average molecular weight is 368 g/mol. The Morgan fingerprint density at radius 3 is 2.88 bits per heavy atom. The van der Waals surface area contributed by atoms with Crippen molar-refractivity contribution in [3.8, 4) is 5.75 Å². The van der Waals surface area contributed by atoms with Crippen molar-refractivity contribution in [2.75, 3.05) is 0 Å². The molecular weight excluding hydrogens is 354 g/mol. The summed E-state index contributed by atoms with van der Waals surface area (Å²) in [6, 6.07) is 14.2. The zero-order chi connectivity index (χ0) is 18.4. The molecule has 2 aromatic rings. The van der Waals surface area contributed by atoms with Crippen LogP contribution in [-0.4, -0.2) is 18.1 Å². The zero-order valence-corrected chi connectivity index (χ0v) is 14.3. The van der Waals surface area contributed by atoms with Crippen LogP contribution in [0.4, 0.5) is 4.79 Å². The van der Waals surface area contributed by atoms with Crippen molar-refractivity contribution in [3.63, 3.8) is 0 Å². The number of azo groups is 1. The smallest absolute Gasteiger partial charge is 0.365 e. The van der Waals surface area contributed by atoms with E-state index in [0.717, 1.165) is 11.1 Å². The first-order chi connectivity index (χ1) is 12.6. The molecule has 0 saturated carbocycles. The Kier molecular flexibility index (Phi) is 5.50. The highest BCUT2D eigenvalue weighted by Crippen LogP contribution is 2.16. The van der Waals surface area contributed by atoms with E-state index in [4.69, 9.17) is 16.3 Å². The molecule has 1 heterocycles. The van der Waals surface area contributed by atoms with Crippen LogP contribution in [0.15, 0.2) is 81.2 Å². The van der Waals surface area contributed by atoms with E-state index in [9.17, 15) is 4.79 Å². The third-order valence-corrected chi connectivity index (χ3v) is 3.51. The van der Waals surface area contributed by atoms with Gasteiger partial charge < -0.3 is 4.74 Å². The molecule has 1 aliphatic heterocycles. The van der Waals surface area contributed by atoms with E-state index in [1.807, 2.05) is 48.5 Å². The molecule has 1 N–H and O–H groups in total. The molecule has 130 valence electrons. The van der Waals surface area contributed by atoms with Gasteiger partial charge in [-0.3, -0.25) is 5.32 Å². The monoisotopic (exact) mass is 367 g/mol. The number of nitrogens with one attached hydrogen (secondary N) is 1. The lowest BCUT2D eigenvalue weighted by atomic mass is 10.2. The topological polar surface area (TPSA) is 87.8 Å². The van der Waals surface area contributed by atoms with Crippen LogP contribution in [-0.2, 0) is 6.61 Å². The Hall–Kier alpha value is -3.32. The van der Waals surface area contributed by atoms with Crippen LogP contribution in [0.25, 0.3) is 0 Å². The number of urea groups is 1. The predicted molar refractivity (Wildman–Crippen MR) is 99.8 cm³/mol. The van der Waals surface area contributed by atoms with Crippen LogP contribution in [0, 0.1) is 0 Å². The van der Waals surface area contributed by atoms with Crippen LogP contribution >= 0.6 is 11.6 Å². The van der Waals surface area contributed by atoms with Gasteiger partial charge in [-0.1, -0.05) is 47.6 Å². The predicted octanol–water partition coefficient (Wildman–Crippen LogP) is 4.34. The first kappa shape index (κ1) is 17.5. The lowest BCUT2D eigenvalue weighted by molar-refractivity contribution is 0.251. The summed E-state index contributed by atoms with van der Waals surface area (Å²) in [5.41, 5.74) is 2.00. The number of hydrogen-bond acceptors (Lipinski definition) is 5. The zero-order valence-electron chi connectivity index (χ0n) is 13.6. The van der Waals surface area contributed by atoms with Gasteiger partial charge in [-0.25, -0.2) is 4.79 Å². The van der Waals surface area contributed by atoms with Gasteiger partial charge in [0, 0.05) is 5.02 Å². The van der Waals surface area contributed by atoms with Gasteiger partial charge in [0.25, 0.3) is 0 Å². The standard InChI is InChI=1S/C18H14ClN5O2/c1-12-17(21-18(25)24-22-12)23-20-10-13-4-3-7-16(9-13)26-11-14-5-2-6-15(19)8-14/h2-10H,1,11H2,(H,21,23,25)/b20-10+. The fourth-order valence-corrected chi connectivity index (χ4v) is 2.28. The molecule has 0 radical (unpaired) electrons. The van der Waals surface area contributed by atoms with Crippen LogP contribution in [0.3, 0.4) is 0 Å². The summed E-state index contributed by atoms with van der Waals surface area (Å²) in [5, 5.41) is 17.8. The van der Waals surface area contributed by atoms with E-state index in [-0.39, 0.29) is 11.5 Å². The SMILES string of the molecule is C=C1N=NC(=O)N/C1=N/N=C/c1cccc(OCc2cccc(Cl)c2)c1. The quantitative estimate of drug-likeness (QED) is 0.629. The maximum atomic E-state index is 11.1. The van der Waals surface area contributed by atoms with Crippen LogP contribution in [0.2, 0.25) is 5.02 Å². The molecule has 2 amide bonds. The fourth-order valence-electron chi connectivity index (χ4n) is 2.07. The minimum atomic E-state index is -0.609. The molecule has 1 aliphatic rings. The Morgan fingerprint density at radius 2 is 2.04 bits per heavy atom. The molecule has 0 saturated heterocycles. The summed E-state index contributed by atoms with van der Waals surface area (Å²) in [6.45, 7) is 4.02. The molecular formula is C18H14ClN5O2. The first-order valence-electron chi connectivity index (χ1n) is 7.60. The number of amides is 2. The van der Waals surface area contributed by atoms with Gasteiger partial charge in [0.2, 0.25) is 0 Å². The van der Waals surface area contributed by atoms with E-state index in [0.29, 0.717) is 17.4 Å². The summed E-state index contributed by atoms with van der Waals surface area (Å²) < 4.78 is 5.76. The third kappa shape index (κ3) is 4.84. The number of nitrogens with zero attached hydrogens (tertiary/aromatic N) is 4. The van der Waals surface area contributed by atoms with Crippen LogP contribution < -0.4 is 10.1 Å². The van der Waals surface area contributed by atoms with Crippen molar-refractivity contribution < 1.29 is 9.53 Å². The summed E-state index contributed by atoms with van der Waals surface area (Å²) >= 11 is 5.96. The van der Waals surface area contributed by atoms with E-state index < -0.39 is 6.03 Å². The summed E-state index contributed by atoms with van der Waals surface area (Å²) in [4.78, 5) is 11.1. The van der Waals surface area contributed by atoms with Crippen LogP contribution in [0.1, 0.15) is 11.1 Å². The molecule has 0 atom stereocenters. The summed E-state index contributed by atoms with van der Waals surface area (Å²) in [5.74, 6) is 0.848. The summed E-state index contributed by atoms with van der Waals surface area (Å²) in [7, 11) is 0. The second kappa shape index (κ2) is 8.17. The molecule has 0 spiro atoms. The highest BCUT2D eigenvalue weighted by atomic mass is 35.5. The first-order valence-corrected chi connectivity index (χ1v) is 7.98. The number of benzene rings is 2. The lowest BCUT2D eigenvalue weighted by Crippen LogP contribution is -2.31. The van der Waals surface area contributed by atoms with E-state index >= 15 is 0 Å². The van der Waals surface area contributed by atoms with Gasteiger partial charge >= 0.3 is 6.03 Å². The van der Waals surface area contributed by atoms with Crippen molar-refractivity contribution in [3.05, 3.63) is 77.0 Å². The van der Waals surface area contributed by atoms with Crippen molar-refractivity contribution in [2.24, 2.45) is 20.4 Å². The number of rotatable bonds is 5. The Morgan fingerprint density at radius 1 is 1.19 bits per heavy atom. The van der Waals surface area contributed by atoms with Crippen molar-refractivity contribution >= 4 is 29.7 Å². The maximum absolute atomic E-state index is 11.1. The van der Waals surface area contributed by atoms with Crippen molar-refractivity contribution in [1.29, 1.82) is 0 Å². The number of carbonyl (C=O) groups excluding carboxylic acids is 1. The van der Waals surface area contributed by atoms with Gasteiger partial charge in [0.15, 0.2) is 5.84 Å². The van der Waals surface area contributed by atoms with Gasteiger partial charge in [-0.2, -0.15) is 5.10 Å². The maximum Gasteiger partial charge on any atom is 0.365 e. The number of ether oxygens (including phenoxy) is 1. The van der Waals surface area contributed by atoms with Gasteiger partial charge in [0.1, 0.15) is 18.1 Å². The number of halogens is 1. The molecule has 0 unspecified atom stereocenters. The largest absolute Gasteiger partial charge is 0.489 e. The minimum absolute atomic E-state index is 0.162. The van der Waals surface area contributed by atoms with Gasteiger partial charge in [-0.15, -0.1) is 10.2 Å². The highest BCUT2D eigenvalue weighted by molar-refractivity contribution is 6.30. The Labute approximate surface area is 154 Å². The molecule has 26 heavy (non-hydrogen) atoms. The van der Waals surface area contributed by atoms with Crippen molar-refractivity contribution in [2.45, 2.75) is 6.61 Å². The number of amidine groups is 1. The Bertz CT molecular complexity index is 937. The number of hydrogen-bond donors (Lipinski definition) is 1. The molecule has 0 aliphatic carbocycles. The Balaban J connectivity index is 1.64. The normalized spacial score (nSPS) is 15.5. The van der Waals surface area contributed by atoms with Gasteiger partial charge in [-0.05, 0) is 35.4 Å². The average Bonchev–Trinajstić information content (AvgIpc) is 2.63. The number of carbonyl (C=O) groups is 1. The summed E-state index contributed by atoms with van der Waals surface area (Å²) in [6.07, 6.45) is 1.53. The molecule has 8 heteroatoms. The molecule has 3 rings (SSSR count). The minimum Gasteiger partial charge on any atom is -0.489 e. The fraction of sp³-hybridized carbons (Fsp3) is 0.0556. The molecule has 2 aromatic carbocycles.